The summed E-state index contributed by atoms with van der Waals surface area (Å²) in [6.07, 6.45) is 0.289. The molecule has 1 aromatic carbocycles. The molecule has 1 aromatic heterocycles. The maximum atomic E-state index is 5.69. The molecule has 2 aromatic rings. The summed E-state index contributed by atoms with van der Waals surface area (Å²) in [4.78, 5) is 0. The highest BCUT2D eigenvalue weighted by Gasteiger charge is 2.24. The Morgan fingerprint density at radius 2 is 2.00 bits per heavy atom. The minimum absolute atomic E-state index is 0.316. The highest BCUT2D eigenvalue weighted by Crippen LogP contribution is 2.16. The number of hydrogen-bond donors (Lipinski definition) is 1. The quantitative estimate of drug-likeness (QED) is 0.805. The fourth-order valence-electron chi connectivity index (χ4n) is 2.15. The molecule has 0 aliphatic carbocycles. The Hall–Kier alpha value is -1.79. The molecule has 0 aliphatic rings. The first-order valence-corrected chi connectivity index (χ1v) is 6.69. The predicted molar refractivity (Wildman–Crippen MR) is 75.9 cm³/mol. The number of nitrogens with zero attached hydrogens (tertiary/aromatic N) is 4. The van der Waals surface area contributed by atoms with Crippen molar-refractivity contribution in [3.8, 4) is 0 Å². The summed E-state index contributed by atoms with van der Waals surface area (Å²) in [5.74, 6) is 0.791. The van der Waals surface area contributed by atoms with Crippen LogP contribution in [0.25, 0.3) is 0 Å². The molecule has 0 fully saturated rings. The highest BCUT2D eigenvalue weighted by molar-refractivity contribution is 5.15. The zero-order valence-electron chi connectivity index (χ0n) is 12.2. The van der Waals surface area contributed by atoms with Gasteiger partial charge in [0.1, 0.15) is 6.23 Å². The molecule has 2 N–H and O–H groups in total. The van der Waals surface area contributed by atoms with Crippen LogP contribution in [-0.2, 0) is 17.7 Å². The summed E-state index contributed by atoms with van der Waals surface area (Å²) in [5, 5.41) is 11.9. The van der Waals surface area contributed by atoms with Crippen LogP contribution < -0.4 is 5.73 Å². The lowest BCUT2D eigenvalue weighted by Gasteiger charge is -2.26. The monoisotopic (exact) mass is 275 g/mol. The van der Waals surface area contributed by atoms with Gasteiger partial charge in [0.25, 0.3) is 0 Å². The second-order valence-corrected chi connectivity index (χ2v) is 5.50. The van der Waals surface area contributed by atoms with Gasteiger partial charge in [-0.2, -0.15) is 0 Å². The smallest absolute Gasteiger partial charge is 0.154 e. The molecular weight excluding hydrogens is 254 g/mol. The van der Waals surface area contributed by atoms with Crippen molar-refractivity contribution in [3.63, 3.8) is 0 Å². The summed E-state index contributed by atoms with van der Waals surface area (Å²) in [6.45, 7) is 6.43. The molecule has 0 saturated carbocycles. The van der Waals surface area contributed by atoms with Gasteiger partial charge in [-0.05, 0) is 36.8 Å². The average Bonchev–Trinajstić information content (AvgIpc) is 2.75. The number of hydrogen-bond acceptors (Lipinski definition) is 5. The molecule has 0 amide bonds. The molecule has 0 saturated heterocycles. The molecule has 20 heavy (non-hydrogen) atoms. The van der Waals surface area contributed by atoms with Gasteiger partial charge in [0, 0.05) is 6.42 Å². The molecule has 1 unspecified atom stereocenters. The van der Waals surface area contributed by atoms with Crippen LogP contribution >= 0.6 is 0 Å². The number of tetrazole rings is 1. The lowest BCUT2D eigenvalue weighted by molar-refractivity contribution is -0.0614. The number of benzene rings is 1. The Bertz CT molecular complexity index is 536. The van der Waals surface area contributed by atoms with E-state index in [1.807, 2.05) is 39.0 Å². The SMILES string of the molecule is CC(N)OC(C)(C)Cc1nnnn1Cc1ccccc1. The zero-order chi connectivity index (χ0) is 14.6. The van der Waals surface area contributed by atoms with Crippen LogP contribution in [-0.4, -0.2) is 32.0 Å². The van der Waals surface area contributed by atoms with Crippen LogP contribution in [0.5, 0.6) is 0 Å². The van der Waals surface area contributed by atoms with Gasteiger partial charge in [-0.3, -0.25) is 0 Å². The van der Waals surface area contributed by atoms with E-state index in [0.717, 1.165) is 11.4 Å². The molecule has 0 aliphatic heterocycles. The maximum Gasteiger partial charge on any atom is 0.154 e. The predicted octanol–water partition coefficient (Wildman–Crippen LogP) is 1.36. The van der Waals surface area contributed by atoms with E-state index in [2.05, 4.69) is 27.7 Å². The molecule has 0 bridgehead atoms. The molecule has 6 nitrogen and oxygen atoms in total. The van der Waals surface area contributed by atoms with Crippen LogP contribution in [0.4, 0.5) is 0 Å². The Labute approximate surface area is 118 Å². The van der Waals surface area contributed by atoms with Gasteiger partial charge in [0.15, 0.2) is 5.82 Å². The van der Waals surface area contributed by atoms with Crippen molar-refractivity contribution in [2.45, 2.75) is 45.6 Å². The zero-order valence-corrected chi connectivity index (χ0v) is 12.2. The lowest BCUT2D eigenvalue weighted by Crippen LogP contribution is -2.36. The Morgan fingerprint density at radius 1 is 1.30 bits per heavy atom. The van der Waals surface area contributed by atoms with Crippen molar-refractivity contribution in [3.05, 3.63) is 41.7 Å². The number of nitrogens with two attached hydrogens (primary N) is 1. The first kappa shape index (κ1) is 14.6. The van der Waals surface area contributed by atoms with Gasteiger partial charge in [0.2, 0.25) is 0 Å². The van der Waals surface area contributed by atoms with Crippen LogP contribution in [0.15, 0.2) is 30.3 Å². The first-order chi connectivity index (χ1) is 9.46. The van der Waals surface area contributed by atoms with Crippen molar-refractivity contribution in [2.75, 3.05) is 0 Å². The van der Waals surface area contributed by atoms with E-state index in [1.165, 1.54) is 0 Å². The second kappa shape index (κ2) is 6.11. The van der Waals surface area contributed by atoms with E-state index in [1.54, 1.807) is 4.68 Å². The van der Waals surface area contributed by atoms with Gasteiger partial charge in [-0.15, -0.1) is 5.10 Å². The second-order valence-electron chi connectivity index (χ2n) is 5.50. The van der Waals surface area contributed by atoms with Crippen LogP contribution in [0, 0.1) is 0 Å². The van der Waals surface area contributed by atoms with E-state index in [0.29, 0.717) is 13.0 Å². The third-order valence-electron chi connectivity index (χ3n) is 2.87. The standard InChI is InChI=1S/C14H21N5O/c1-11(15)20-14(2,3)9-13-16-17-18-19(13)10-12-7-5-4-6-8-12/h4-8,11H,9-10,15H2,1-3H3. The van der Waals surface area contributed by atoms with Crippen LogP contribution in [0.3, 0.4) is 0 Å². The van der Waals surface area contributed by atoms with Crippen molar-refractivity contribution in [1.82, 2.24) is 20.2 Å². The summed E-state index contributed by atoms with van der Waals surface area (Å²) in [6, 6.07) is 10.1. The van der Waals surface area contributed by atoms with Crippen LogP contribution in [0.1, 0.15) is 32.2 Å². The summed E-state index contributed by atoms with van der Waals surface area (Å²) in [5.41, 5.74) is 6.44. The van der Waals surface area contributed by atoms with Crippen LogP contribution in [0.2, 0.25) is 0 Å². The largest absolute Gasteiger partial charge is 0.358 e. The van der Waals surface area contributed by atoms with Crippen molar-refractivity contribution in [1.29, 1.82) is 0 Å². The third-order valence-corrected chi connectivity index (χ3v) is 2.87. The molecule has 0 radical (unpaired) electrons. The Kier molecular flexibility index (Phi) is 4.46. The molecule has 1 atom stereocenters. The van der Waals surface area contributed by atoms with Gasteiger partial charge >= 0.3 is 0 Å². The average molecular weight is 275 g/mol. The van der Waals surface area contributed by atoms with Crippen molar-refractivity contribution < 1.29 is 4.74 Å². The summed E-state index contributed by atoms with van der Waals surface area (Å²) in [7, 11) is 0. The van der Waals surface area contributed by atoms with Crippen molar-refractivity contribution in [2.24, 2.45) is 5.73 Å². The summed E-state index contributed by atoms with van der Waals surface area (Å²) >= 11 is 0. The maximum absolute atomic E-state index is 5.69. The van der Waals surface area contributed by atoms with E-state index < -0.39 is 5.60 Å². The van der Waals surface area contributed by atoms with E-state index >= 15 is 0 Å². The number of aromatic nitrogens is 4. The summed E-state index contributed by atoms with van der Waals surface area (Å²) < 4.78 is 7.48. The molecule has 6 heteroatoms. The fraction of sp³-hybridized carbons (Fsp3) is 0.500. The first-order valence-electron chi connectivity index (χ1n) is 6.69. The number of ether oxygens (including phenoxy) is 1. The van der Waals surface area contributed by atoms with Gasteiger partial charge < -0.3 is 10.5 Å². The van der Waals surface area contributed by atoms with Crippen molar-refractivity contribution >= 4 is 0 Å². The van der Waals surface area contributed by atoms with E-state index in [4.69, 9.17) is 10.5 Å². The van der Waals surface area contributed by atoms with Gasteiger partial charge in [0.05, 0.1) is 12.1 Å². The molecular formula is C14H21N5O. The molecule has 1 heterocycles. The van der Waals surface area contributed by atoms with Gasteiger partial charge in [-0.1, -0.05) is 30.3 Å². The van der Waals surface area contributed by atoms with E-state index in [-0.39, 0.29) is 6.23 Å². The molecule has 0 spiro atoms. The minimum atomic E-state index is -0.405. The Balaban J connectivity index is 2.09. The Morgan fingerprint density at radius 3 is 2.65 bits per heavy atom. The molecule has 108 valence electrons. The number of rotatable bonds is 6. The highest BCUT2D eigenvalue weighted by atomic mass is 16.5. The van der Waals surface area contributed by atoms with Gasteiger partial charge in [-0.25, -0.2) is 4.68 Å². The normalized spacial score (nSPS) is 13.4. The third kappa shape index (κ3) is 4.11. The fourth-order valence-corrected chi connectivity index (χ4v) is 2.15. The topological polar surface area (TPSA) is 78.8 Å². The minimum Gasteiger partial charge on any atom is -0.358 e. The molecule has 2 rings (SSSR count). The lowest BCUT2D eigenvalue weighted by atomic mass is 10.0. The van der Waals surface area contributed by atoms with E-state index in [9.17, 15) is 0 Å².